The van der Waals surface area contributed by atoms with Crippen LogP contribution in [0.2, 0.25) is 0 Å². The molecule has 0 amide bonds. The van der Waals surface area contributed by atoms with E-state index in [1.165, 1.54) is 12.1 Å². The molecule has 0 unspecified atom stereocenters. The molecule has 1 heterocycles. The molecular weight excluding hydrogens is 360 g/mol. The second-order valence-corrected chi connectivity index (χ2v) is 5.10. The summed E-state index contributed by atoms with van der Waals surface area (Å²) >= 11 is 0. The summed E-state index contributed by atoms with van der Waals surface area (Å²) in [5.41, 5.74) is -0.935. The number of hydrogen-bond donors (Lipinski definition) is 1. The molecule has 1 aromatic carbocycles. The molecule has 2 rings (SSSR count). The molecule has 0 saturated carbocycles. The highest BCUT2D eigenvalue weighted by Gasteiger charge is 2.31. The van der Waals surface area contributed by atoms with Gasteiger partial charge in [0.05, 0.1) is 15.5 Å². The number of para-hydroxylation sites is 1. The first-order chi connectivity index (χ1) is 13.0. The van der Waals surface area contributed by atoms with E-state index in [0.717, 1.165) is 31.5 Å². The Kier molecular flexibility index (Phi) is 5.29. The van der Waals surface area contributed by atoms with Gasteiger partial charge in [-0.25, -0.2) is 9.18 Å². The zero-order chi connectivity index (χ0) is 21.1. The van der Waals surface area contributed by atoms with Crippen molar-refractivity contribution in [1.82, 2.24) is 9.78 Å². The molecule has 0 bridgehead atoms. The van der Waals surface area contributed by atoms with Crippen LogP contribution in [-0.2, 0) is 22.6 Å². The van der Waals surface area contributed by atoms with Gasteiger partial charge in [0.1, 0.15) is 18.9 Å². The van der Waals surface area contributed by atoms with Gasteiger partial charge in [-0.05, 0) is 12.1 Å². The summed E-state index contributed by atoms with van der Waals surface area (Å²) < 4.78 is 78.1. The lowest BCUT2D eigenvalue weighted by Gasteiger charge is -2.18. The van der Waals surface area contributed by atoms with Gasteiger partial charge < -0.3 is 14.6 Å². The van der Waals surface area contributed by atoms with Crippen molar-refractivity contribution in [1.29, 1.82) is 0 Å². The Morgan fingerprint density at radius 2 is 2.08 bits per heavy atom. The SMILES string of the molecule is [2H]C([2H])(Oc1ccccc1[C@@H](F)[C@H](O)C(=O)OC)c1ccnn1CC(F)(F)F. The van der Waals surface area contributed by atoms with Crippen LogP contribution < -0.4 is 4.74 Å². The number of methoxy groups -OCH3 is 1. The normalized spacial score (nSPS) is 15.6. The Morgan fingerprint density at radius 3 is 2.73 bits per heavy atom. The fraction of sp³-hybridized carbons (Fsp3) is 0.375. The van der Waals surface area contributed by atoms with Crippen molar-refractivity contribution >= 4 is 5.97 Å². The largest absolute Gasteiger partial charge is 0.487 e. The van der Waals surface area contributed by atoms with E-state index in [2.05, 4.69) is 9.84 Å². The van der Waals surface area contributed by atoms with Gasteiger partial charge in [-0.3, -0.25) is 4.68 Å². The fourth-order valence-electron chi connectivity index (χ4n) is 2.03. The number of alkyl halides is 4. The van der Waals surface area contributed by atoms with Crippen molar-refractivity contribution in [2.45, 2.75) is 31.6 Å². The Labute approximate surface area is 148 Å². The number of nitrogens with zero attached hydrogens (tertiary/aromatic N) is 2. The first-order valence-corrected chi connectivity index (χ1v) is 7.23. The molecule has 0 spiro atoms. The van der Waals surface area contributed by atoms with Crippen molar-refractivity contribution in [3.05, 3.63) is 47.8 Å². The van der Waals surface area contributed by atoms with Gasteiger partial charge in [-0.1, -0.05) is 18.2 Å². The number of benzene rings is 1. The molecule has 1 aromatic heterocycles. The van der Waals surface area contributed by atoms with Gasteiger partial charge in [0.25, 0.3) is 0 Å². The molecule has 0 saturated heterocycles. The monoisotopic (exact) mass is 378 g/mol. The van der Waals surface area contributed by atoms with Crippen molar-refractivity contribution in [2.24, 2.45) is 0 Å². The van der Waals surface area contributed by atoms with Crippen LogP contribution in [0.1, 0.15) is 20.2 Å². The third-order valence-electron chi connectivity index (χ3n) is 3.25. The molecule has 0 aliphatic carbocycles. The number of aromatic nitrogens is 2. The van der Waals surface area contributed by atoms with Gasteiger partial charge in [0, 0.05) is 11.8 Å². The Balaban J connectivity index is 2.33. The highest BCUT2D eigenvalue weighted by atomic mass is 19.4. The lowest BCUT2D eigenvalue weighted by Crippen LogP contribution is -2.27. The minimum Gasteiger partial charge on any atom is -0.487 e. The van der Waals surface area contributed by atoms with Crippen LogP contribution in [0.5, 0.6) is 5.75 Å². The number of esters is 1. The lowest BCUT2D eigenvalue weighted by atomic mass is 10.0. The van der Waals surface area contributed by atoms with Gasteiger partial charge in [-0.15, -0.1) is 0 Å². The van der Waals surface area contributed by atoms with Crippen LogP contribution in [0.15, 0.2) is 36.5 Å². The summed E-state index contributed by atoms with van der Waals surface area (Å²) in [5, 5.41) is 13.1. The average molecular weight is 378 g/mol. The number of rotatable bonds is 7. The number of aliphatic hydroxyl groups is 1. The summed E-state index contributed by atoms with van der Waals surface area (Å²) in [6.45, 7) is -4.37. The standard InChI is InChI=1S/C16H16F4N2O4/c1-25-15(24)14(23)13(17)11-4-2-3-5-12(11)26-8-10-6-7-21-22(10)9-16(18,19)20/h2-7,13-14,23H,8-9H2,1H3/t13-,14+/m1/s1/i8D2. The number of ether oxygens (including phenoxy) is 2. The van der Waals surface area contributed by atoms with Crippen molar-refractivity contribution < 1.29 is 39.7 Å². The third kappa shape index (κ3) is 4.94. The van der Waals surface area contributed by atoms with E-state index >= 15 is 0 Å². The van der Waals surface area contributed by atoms with E-state index in [0.29, 0.717) is 4.68 Å². The first-order valence-electron chi connectivity index (χ1n) is 8.23. The third-order valence-corrected chi connectivity index (χ3v) is 3.25. The summed E-state index contributed by atoms with van der Waals surface area (Å²) in [6, 6.07) is 5.98. The molecule has 10 heteroatoms. The van der Waals surface area contributed by atoms with Crippen LogP contribution in [0.4, 0.5) is 17.6 Å². The Bertz CT molecular complexity index is 829. The topological polar surface area (TPSA) is 73.6 Å². The Hall–Kier alpha value is -2.62. The van der Waals surface area contributed by atoms with E-state index < -0.39 is 49.0 Å². The highest BCUT2D eigenvalue weighted by Crippen LogP contribution is 2.31. The van der Waals surface area contributed by atoms with Crippen LogP contribution in [-0.4, -0.2) is 40.2 Å². The molecule has 0 fully saturated rings. The molecule has 0 aliphatic rings. The van der Waals surface area contributed by atoms with E-state index in [4.69, 9.17) is 7.48 Å². The van der Waals surface area contributed by atoms with Crippen LogP contribution in [0, 0.1) is 0 Å². The van der Waals surface area contributed by atoms with Gasteiger partial charge in [-0.2, -0.15) is 18.3 Å². The summed E-state index contributed by atoms with van der Waals surface area (Å²) in [7, 11) is 0.946. The predicted octanol–water partition coefficient (Wildman–Crippen LogP) is 2.57. The summed E-state index contributed by atoms with van der Waals surface area (Å²) in [5.74, 6) is -1.67. The smallest absolute Gasteiger partial charge is 0.408 e. The fourth-order valence-corrected chi connectivity index (χ4v) is 2.03. The quantitative estimate of drug-likeness (QED) is 0.592. The zero-order valence-corrected chi connectivity index (χ0v) is 13.4. The number of carbonyl (C=O) groups excluding carboxylic acids is 1. The second-order valence-electron chi connectivity index (χ2n) is 5.10. The molecule has 142 valence electrons. The minimum absolute atomic E-state index is 0.374. The maximum absolute atomic E-state index is 14.5. The van der Waals surface area contributed by atoms with Crippen molar-refractivity contribution in [3.63, 3.8) is 0 Å². The summed E-state index contributed by atoms with van der Waals surface area (Å²) in [4.78, 5) is 11.3. The van der Waals surface area contributed by atoms with Gasteiger partial charge in [0.2, 0.25) is 0 Å². The molecule has 26 heavy (non-hydrogen) atoms. The summed E-state index contributed by atoms with van der Waals surface area (Å²) in [6.07, 6.45) is -8.20. The lowest BCUT2D eigenvalue weighted by molar-refractivity contribution is -0.154. The van der Waals surface area contributed by atoms with E-state index in [9.17, 15) is 27.5 Å². The molecule has 2 aromatic rings. The molecular formula is C16H16F4N2O4. The maximum atomic E-state index is 14.5. The van der Waals surface area contributed by atoms with Crippen molar-refractivity contribution in [2.75, 3.05) is 7.11 Å². The Morgan fingerprint density at radius 1 is 1.38 bits per heavy atom. The predicted molar refractivity (Wildman–Crippen MR) is 80.9 cm³/mol. The second kappa shape index (κ2) is 8.17. The molecule has 0 aliphatic heterocycles. The number of carbonyl (C=O) groups is 1. The molecule has 0 radical (unpaired) electrons. The zero-order valence-electron chi connectivity index (χ0n) is 15.4. The van der Waals surface area contributed by atoms with E-state index in [1.54, 1.807) is 0 Å². The van der Waals surface area contributed by atoms with Gasteiger partial charge >= 0.3 is 12.1 Å². The molecule has 6 nitrogen and oxygen atoms in total. The maximum Gasteiger partial charge on any atom is 0.408 e. The van der Waals surface area contributed by atoms with Crippen LogP contribution >= 0.6 is 0 Å². The highest BCUT2D eigenvalue weighted by molar-refractivity contribution is 5.75. The molecule has 2 atom stereocenters. The first kappa shape index (κ1) is 16.8. The van der Waals surface area contributed by atoms with Crippen molar-refractivity contribution in [3.8, 4) is 5.75 Å². The van der Waals surface area contributed by atoms with E-state index in [-0.39, 0.29) is 5.56 Å². The number of hydrogen-bond acceptors (Lipinski definition) is 5. The van der Waals surface area contributed by atoms with E-state index in [1.807, 2.05) is 0 Å². The van der Waals surface area contributed by atoms with Crippen LogP contribution in [0.3, 0.4) is 0 Å². The number of aliphatic hydroxyl groups excluding tert-OH is 1. The molecule has 1 N–H and O–H groups in total. The minimum atomic E-state index is -4.65. The van der Waals surface area contributed by atoms with Crippen LogP contribution in [0.25, 0.3) is 0 Å². The van der Waals surface area contributed by atoms with Gasteiger partial charge in [0.15, 0.2) is 12.3 Å². The average Bonchev–Trinajstić information content (AvgIpc) is 3.07. The number of halogens is 4.